The van der Waals surface area contributed by atoms with E-state index in [1.165, 1.54) is 0 Å². The fourth-order valence-electron chi connectivity index (χ4n) is 4.19. The number of benzene rings is 2. The number of aliphatic hydroxyl groups is 1. The zero-order chi connectivity index (χ0) is 22.8. The number of H-pyrrole nitrogens is 1. The lowest BCUT2D eigenvalue weighted by molar-refractivity contribution is 0.0732. The third-order valence-electron chi connectivity index (χ3n) is 5.63. The van der Waals surface area contributed by atoms with E-state index in [-0.39, 0.29) is 18.3 Å². The quantitative estimate of drug-likeness (QED) is 0.498. The van der Waals surface area contributed by atoms with Crippen molar-refractivity contribution in [1.82, 2.24) is 15.1 Å². The van der Waals surface area contributed by atoms with Gasteiger partial charge in [0.1, 0.15) is 17.1 Å². The van der Waals surface area contributed by atoms with Crippen LogP contribution in [-0.4, -0.2) is 58.1 Å². The summed E-state index contributed by atoms with van der Waals surface area (Å²) in [6.45, 7) is 4.68. The van der Waals surface area contributed by atoms with Crippen LogP contribution in [0.1, 0.15) is 46.6 Å². The Morgan fingerprint density at radius 2 is 2.00 bits per heavy atom. The van der Waals surface area contributed by atoms with Crippen molar-refractivity contribution in [3.8, 4) is 28.5 Å². The lowest BCUT2D eigenvalue weighted by atomic mass is 9.94. The molecule has 2 aromatic carbocycles. The summed E-state index contributed by atoms with van der Waals surface area (Å²) in [5.41, 5.74) is 3.96. The Balaban J connectivity index is 1.88. The number of rotatable bonds is 8. The highest BCUT2D eigenvalue weighted by molar-refractivity contribution is 6.00. The van der Waals surface area contributed by atoms with E-state index in [2.05, 4.69) is 10.2 Å². The number of aromatic nitrogens is 2. The van der Waals surface area contributed by atoms with Gasteiger partial charge in [-0.05, 0) is 50.1 Å². The first-order chi connectivity index (χ1) is 15.5. The minimum Gasteiger partial charge on any atom is -0.507 e. The largest absolute Gasteiger partial charge is 0.507 e. The first kappa shape index (κ1) is 21.7. The van der Waals surface area contributed by atoms with E-state index in [9.17, 15) is 15.0 Å². The number of phenolic OH excluding ortho intramolecular Hbond substituents is 1. The van der Waals surface area contributed by atoms with Gasteiger partial charge in [0.2, 0.25) is 0 Å². The number of methoxy groups -OCH3 is 1. The average molecular weight is 437 g/mol. The molecule has 1 aromatic heterocycles. The highest BCUT2D eigenvalue weighted by atomic mass is 16.5. The van der Waals surface area contributed by atoms with Crippen LogP contribution in [0.2, 0.25) is 0 Å². The number of aryl methyl sites for hydroxylation is 1. The Kier molecular flexibility index (Phi) is 6.05. The van der Waals surface area contributed by atoms with Gasteiger partial charge in [0.25, 0.3) is 5.91 Å². The molecular formula is C24H27N3O5. The van der Waals surface area contributed by atoms with E-state index < -0.39 is 6.04 Å². The van der Waals surface area contributed by atoms with Gasteiger partial charge in [-0.25, -0.2) is 0 Å². The molecule has 0 radical (unpaired) electrons. The summed E-state index contributed by atoms with van der Waals surface area (Å²) >= 11 is 0. The van der Waals surface area contributed by atoms with Gasteiger partial charge in [0, 0.05) is 24.3 Å². The molecule has 0 saturated heterocycles. The molecule has 0 fully saturated rings. The van der Waals surface area contributed by atoms with Crippen LogP contribution in [0.25, 0.3) is 11.3 Å². The first-order valence-electron chi connectivity index (χ1n) is 10.6. The molecule has 168 valence electrons. The van der Waals surface area contributed by atoms with E-state index in [0.29, 0.717) is 53.6 Å². The molecule has 32 heavy (non-hydrogen) atoms. The number of nitrogens with one attached hydrogen (secondary N) is 1. The number of nitrogens with zero attached hydrogens (tertiary/aromatic N) is 2. The van der Waals surface area contributed by atoms with Gasteiger partial charge in [0.15, 0.2) is 11.5 Å². The topological polar surface area (TPSA) is 108 Å². The Morgan fingerprint density at radius 3 is 2.72 bits per heavy atom. The van der Waals surface area contributed by atoms with Gasteiger partial charge in [-0.15, -0.1) is 0 Å². The van der Waals surface area contributed by atoms with Crippen LogP contribution in [0, 0.1) is 6.92 Å². The number of carbonyl (C=O) groups excluding carboxylic acids is 1. The van der Waals surface area contributed by atoms with E-state index in [0.717, 1.165) is 11.1 Å². The molecule has 0 unspecified atom stereocenters. The fourth-order valence-corrected chi connectivity index (χ4v) is 4.19. The van der Waals surface area contributed by atoms with E-state index in [4.69, 9.17) is 9.47 Å². The zero-order valence-electron chi connectivity index (χ0n) is 18.4. The van der Waals surface area contributed by atoms with Crippen LogP contribution in [0.3, 0.4) is 0 Å². The molecule has 1 aliphatic heterocycles. The van der Waals surface area contributed by atoms with Crippen molar-refractivity contribution in [2.45, 2.75) is 26.3 Å². The molecular weight excluding hydrogens is 410 g/mol. The highest BCUT2D eigenvalue weighted by Crippen LogP contribution is 2.46. The summed E-state index contributed by atoms with van der Waals surface area (Å²) in [5, 5.41) is 27.2. The number of phenols is 1. The molecule has 3 N–H and O–H groups in total. The summed E-state index contributed by atoms with van der Waals surface area (Å²) in [6.07, 6.45) is 0.444. The van der Waals surface area contributed by atoms with Gasteiger partial charge in [-0.3, -0.25) is 9.89 Å². The number of aromatic hydroxyl groups is 1. The molecule has 0 saturated carbocycles. The van der Waals surface area contributed by atoms with Gasteiger partial charge in [0.05, 0.1) is 19.8 Å². The SMILES string of the molecule is CCOc1ccc([C@@H]2c3c(-c4cc(C)ccc4O)n[nH]c3C(=O)N2CCCO)cc1OC. The average Bonchev–Trinajstić information content (AvgIpc) is 3.33. The molecule has 1 amide bonds. The van der Waals surface area contributed by atoms with Crippen molar-refractivity contribution in [2.24, 2.45) is 0 Å². The van der Waals surface area contributed by atoms with Crippen LogP contribution in [-0.2, 0) is 0 Å². The Hall–Kier alpha value is -3.52. The summed E-state index contributed by atoms with van der Waals surface area (Å²) in [5.74, 6) is 1.08. The van der Waals surface area contributed by atoms with Crippen molar-refractivity contribution >= 4 is 5.91 Å². The van der Waals surface area contributed by atoms with Crippen LogP contribution < -0.4 is 9.47 Å². The second-order valence-corrected chi connectivity index (χ2v) is 7.70. The number of aliphatic hydroxyl groups excluding tert-OH is 1. The molecule has 1 aliphatic rings. The van der Waals surface area contributed by atoms with Crippen LogP contribution in [0.5, 0.6) is 17.2 Å². The normalized spacial score (nSPS) is 15.2. The molecule has 8 nitrogen and oxygen atoms in total. The van der Waals surface area contributed by atoms with Crippen LogP contribution >= 0.6 is 0 Å². The molecule has 0 aliphatic carbocycles. The van der Waals surface area contributed by atoms with Gasteiger partial charge in [-0.2, -0.15) is 5.10 Å². The molecule has 0 spiro atoms. The third-order valence-corrected chi connectivity index (χ3v) is 5.63. The predicted octanol–water partition coefficient (Wildman–Crippen LogP) is 3.43. The maximum atomic E-state index is 13.3. The molecule has 2 heterocycles. The maximum absolute atomic E-state index is 13.3. The number of hydrogen-bond donors (Lipinski definition) is 3. The lowest BCUT2D eigenvalue weighted by Gasteiger charge is -2.27. The van der Waals surface area contributed by atoms with E-state index in [1.807, 2.05) is 44.2 Å². The lowest BCUT2D eigenvalue weighted by Crippen LogP contribution is -2.31. The number of carbonyl (C=O) groups is 1. The van der Waals surface area contributed by atoms with Crippen molar-refractivity contribution in [3.63, 3.8) is 0 Å². The third kappa shape index (κ3) is 3.67. The van der Waals surface area contributed by atoms with Crippen molar-refractivity contribution < 1.29 is 24.5 Å². The second-order valence-electron chi connectivity index (χ2n) is 7.70. The van der Waals surface area contributed by atoms with Crippen molar-refractivity contribution in [3.05, 3.63) is 58.8 Å². The molecule has 1 atom stereocenters. The first-order valence-corrected chi connectivity index (χ1v) is 10.6. The molecule has 3 aromatic rings. The summed E-state index contributed by atoms with van der Waals surface area (Å²) in [6, 6.07) is 10.4. The predicted molar refractivity (Wildman–Crippen MR) is 119 cm³/mol. The Labute approximate surface area is 186 Å². The second kappa shape index (κ2) is 8.92. The standard InChI is InChI=1S/C24H27N3O5/c1-4-32-18-9-7-15(13-19(18)31-3)23-20-21(16-12-14(2)6-8-17(16)29)25-26-22(20)24(30)27(23)10-5-11-28/h6-9,12-13,23,28-29H,4-5,10-11H2,1-3H3,(H,25,26)/t23-/m1/s1. The van der Waals surface area contributed by atoms with E-state index in [1.54, 1.807) is 18.1 Å². The van der Waals surface area contributed by atoms with Crippen LogP contribution in [0.15, 0.2) is 36.4 Å². The number of amides is 1. The smallest absolute Gasteiger partial charge is 0.273 e. The minimum atomic E-state index is -0.456. The van der Waals surface area contributed by atoms with Gasteiger partial charge in [-0.1, -0.05) is 17.7 Å². The monoisotopic (exact) mass is 437 g/mol. The summed E-state index contributed by atoms with van der Waals surface area (Å²) < 4.78 is 11.2. The Bertz CT molecular complexity index is 1140. The fraction of sp³-hybridized carbons (Fsp3) is 0.333. The van der Waals surface area contributed by atoms with Crippen molar-refractivity contribution in [2.75, 3.05) is 26.9 Å². The minimum absolute atomic E-state index is 0.0270. The molecule has 8 heteroatoms. The molecule has 0 bridgehead atoms. The van der Waals surface area contributed by atoms with E-state index >= 15 is 0 Å². The highest BCUT2D eigenvalue weighted by Gasteiger charge is 2.42. The number of hydrogen-bond acceptors (Lipinski definition) is 6. The van der Waals surface area contributed by atoms with Gasteiger partial charge >= 0.3 is 0 Å². The van der Waals surface area contributed by atoms with Crippen molar-refractivity contribution in [1.29, 1.82) is 0 Å². The Morgan fingerprint density at radius 1 is 1.19 bits per heavy atom. The summed E-state index contributed by atoms with van der Waals surface area (Å²) in [4.78, 5) is 15.0. The number of fused-ring (bicyclic) bond motifs is 1. The summed E-state index contributed by atoms with van der Waals surface area (Å²) in [7, 11) is 1.57. The zero-order valence-corrected chi connectivity index (χ0v) is 18.4. The van der Waals surface area contributed by atoms with Gasteiger partial charge < -0.3 is 24.6 Å². The number of ether oxygens (including phenoxy) is 2. The van der Waals surface area contributed by atoms with Crippen LogP contribution in [0.4, 0.5) is 0 Å². The number of aromatic amines is 1. The maximum Gasteiger partial charge on any atom is 0.273 e. The molecule has 4 rings (SSSR count).